The summed E-state index contributed by atoms with van der Waals surface area (Å²) in [5, 5.41) is 0. The normalized spacial score (nSPS) is 30.9. The number of ether oxygens (including phenoxy) is 2. The standard InChI is InChI=1S/C18H30N2O4/c1-18(2,3)24-17(22)20-10-6-8-14(20)16(21)19-11-12-23-15-9-5-4-7-13(15)19/h13-15H,4-12H2,1-3H3/t13?,14-,15?/m0/s1. The van der Waals surface area contributed by atoms with Crippen LogP contribution in [0.4, 0.5) is 4.79 Å². The van der Waals surface area contributed by atoms with Crippen molar-refractivity contribution in [3.05, 3.63) is 0 Å². The molecule has 2 unspecified atom stereocenters. The maximum atomic E-state index is 13.2. The minimum atomic E-state index is -0.541. The predicted molar refractivity (Wildman–Crippen MR) is 89.7 cm³/mol. The van der Waals surface area contributed by atoms with Crippen LogP contribution in [0.5, 0.6) is 0 Å². The van der Waals surface area contributed by atoms with Gasteiger partial charge in [0.2, 0.25) is 5.91 Å². The van der Waals surface area contributed by atoms with Gasteiger partial charge in [-0.25, -0.2) is 4.79 Å². The second kappa shape index (κ2) is 6.90. The van der Waals surface area contributed by atoms with Crippen LogP contribution in [0.2, 0.25) is 0 Å². The first-order valence-electron chi connectivity index (χ1n) is 9.28. The Kier molecular flexibility index (Phi) is 5.04. The van der Waals surface area contributed by atoms with Gasteiger partial charge in [-0.1, -0.05) is 12.8 Å². The van der Waals surface area contributed by atoms with Gasteiger partial charge in [-0.05, 0) is 46.5 Å². The first-order chi connectivity index (χ1) is 11.4. The van der Waals surface area contributed by atoms with Crippen molar-refractivity contribution in [3.63, 3.8) is 0 Å². The van der Waals surface area contributed by atoms with E-state index in [0.717, 1.165) is 32.1 Å². The van der Waals surface area contributed by atoms with Gasteiger partial charge in [0.25, 0.3) is 0 Å². The zero-order valence-electron chi connectivity index (χ0n) is 15.1. The average molecular weight is 338 g/mol. The summed E-state index contributed by atoms with van der Waals surface area (Å²) >= 11 is 0. The number of likely N-dealkylation sites (tertiary alicyclic amines) is 1. The van der Waals surface area contributed by atoms with Crippen LogP contribution in [0.15, 0.2) is 0 Å². The number of carbonyl (C=O) groups is 2. The van der Waals surface area contributed by atoms with Crippen molar-refractivity contribution in [2.75, 3.05) is 19.7 Å². The fourth-order valence-corrected chi connectivity index (χ4v) is 4.12. The lowest BCUT2D eigenvalue weighted by molar-refractivity contribution is -0.153. The molecule has 2 saturated heterocycles. The molecule has 0 aromatic heterocycles. The minimum Gasteiger partial charge on any atom is -0.444 e. The maximum absolute atomic E-state index is 13.2. The summed E-state index contributed by atoms with van der Waals surface area (Å²) in [5.74, 6) is 0.0820. The molecule has 0 bridgehead atoms. The Morgan fingerprint density at radius 3 is 2.50 bits per heavy atom. The predicted octanol–water partition coefficient (Wildman–Crippen LogP) is 2.56. The Balaban J connectivity index is 1.69. The number of carbonyl (C=O) groups excluding carboxylic acids is 2. The SMILES string of the molecule is CC(C)(C)OC(=O)N1CCC[C@H]1C(=O)N1CCOC2CCCCC21. The largest absolute Gasteiger partial charge is 0.444 e. The van der Waals surface area contributed by atoms with E-state index in [9.17, 15) is 9.59 Å². The number of hydrogen-bond donors (Lipinski definition) is 0. The highest BCUT2D eigenvalue weighted by Gasteiger charge is 2.43. The van der Waals surface area contributed by atoms with Crippen LogP contribution in [0.1, 0.15) is 59.3 Å². The molecule has 3 rings (SSSR count). The van der Waals surface area contributed by atoms with Gasteiger partial charge in [0.15, 0.2) is 0 Å². The van der Waals surface area contributed by atoms with Crippen LogP contribution in [-0.4, -0.2) is 65.3 Å². The Hall–Kier alpha value is -1.30. The number of hydrogen-bond acceptors (Lipinski definition) is 4. The fraction of sp³-hybridized carbons (Fsp3) is 0.889. The van der Waals surface area contributed by atoms with Gasteiger partial charge in [-0.3, -0.25) is 9.69 Å². The van der Waals surface area contributed by atoms with E-state index in [0.29, 0.717) is 19.7 Å². The Morgan fingerprint density at radius 1 is 1.00 bits per heavy atom. The van der Waals surface area contributed by atoms with Gasteiger partial charge in [0, 0.05) is 13.1 Å². The van der Waals surface area contributed by atoms with E-state index < -0.39 is 5.60 Å². The monoisotopic (exact) mass is 338 g/mol. The molecule has 6 nitrogen and oxygen atoms in total. The topological polar surface area (TPSA) is 59.1 Å². The summed E-state index contributed by atoms with van der Waals surface area (Å²) in [6.45, 7) is 7.40. The summed E-state index contributed by atoms with van der Waals surface area (Å²) in [5.41, 5.74) is -0.541. The molecule has 24 heavy (non-hydrogen) atoms. The fourth-order valence-electron chi connectivity index (χ4n) is 4.12. The molecule has 0 aromatic carbocycles. The van der Waals surface area contributed by atoms with Crippen molar-refractivity contribution in [3.8, 4) is 0 Å². The van der Waals surface area contributed by atoms with E-state index >= 15 is 0 Å². The van der Waals surface area contributed by atoms with E-state index in [1.165, 1.54) is 6.42 Å². The van der Waals surface area contributed by atoms with E-state index in [2.05, 4.69) is 0 Å². The number of amides is 2. The van der Waals surface area contributed by atoms with Crippen molar-refractivity contribution in [2.45, 2.75) is 83.1 Å². The van der Waals surface area contributed by atoms with Gasteiger partial charge in [0.05, 0.1) is 18.8 Å². The molecular formula is C18H30N2O4. The van der Waals surface area contributed by atoms with Crippen molar-refractivity contribution < 1.29 is 19.1 Å². The van der Waals surface area contributed by atoms with Crippen LogP contribution >= 0.6 is 0 Å². The van der Waals surface area contributed by atoms with Crippen molar-refractivity contribution >= 4 is 12.0 Å². The molecule has 2 amide bonds. The molecule has 2 heterocycles. The average Bonchev–Trinajstić information content (AvgIpc) is 3.02. The molecule has 6 heteroatoms. The molecule has 0 aromatic rings. The lowest BCUT2D eigenvalue weighted by atomic mass is 9.89. The lowest BCUT2D eigenvalue weighted by Crippen LogP contribution is -2.59. The summed E-state index contributed by atoms with van der Waals surface area (Å²) in [7, 11) is 0. The van der Waals surface area contributed by atoms with Crippen LogP contribution in [0, 0.1) is 0 Å². The molecule has 3 atom stereocenters. The molecular weight excluding hydrogens is 308 g/mol. The first-order valence-corrected chi connectivity index (χ1v) is 9.28. The van der Waals surface area contributed by atoms with E-state index in [1.54, 1.807) is 4.90 Å². The number of fused-ring (bicyclic) bond motifs is 1. The number of nitrogens with zero attached hydrogens (tertiary/aromatic N) is 2. The number of rotatable bonds is 1. The molecule has 3 aliphatic rings. The molecule has 3 fully saturated rings. The van der Waals surface area contributed by atoms with E-state index in [4.69, 9.17) is 9.47 Å². The van der Waals surface area contributed by atoms with Crippen molar-refractivity contribution in [1.82, 2.24) is 9.80 Å². The third-order valence-corrected chi connectivity index (χ3v) is 5.18. The maximum Gasteiger partial charge on any atom is 0.410 e. The molecule has 1 saturated carbocycles. The Labute approximate surface area is 144 Å². The van der Waals surface area contributed by atoms with E-state index in [1.807, 2.05) is 25.7 Å². The molecule has 0 spiro atoms. The molecule has 136 valence electrons. The first kappa shape index (κ1) is 17.5. The van der Waals surface area contributed by atoms with Gasteiger partial charge in [-0.15, -0.1) is 0 Å². The zero-order chi connectivity index (χ0) is 17.3. The summed E-state index contributed by atoms with van der Waals surface area (Å²) in [6, 6.07) is -0.193. The van der Waals surface area contributed by atoms with Gasteiger partial charge in [0.1, 0.15) is 11.6 Å². The minimum absolute atomic E-state index is 0.0820. The van der Waals surface area contributed by atoms with Gasteiger partial charge >= 0.3 is 6.09 Å². The van der Waals surface area contributed by atoms with Gasteiger partial charge in [-0.2, -0.15) is 0 Å². The molecule has 2 aliphatic heterocycles. The lowest BCUT2D eigenvalue weighted by Gasteiger charge is -2.45. The molecule has 0 N–H and O–H groups in total. The summed E-state index contributed by atoms with van der Waals surface area (Å²) in [6.07, 6.45) is 5.76. The van der Waals surface area contributed by atoms with E-state index in [-0.39, 0.29) is 30.2 Å². The second-order valence-corrected chi connectivity index (χ2v) is 8.12. The summed E-state index contributed by atoms with van der Waals surface area (Å²) in [4.78, 5) is 29.2. The van der Waals surface area contributed by atoms with Crippen molar-refractivity contribution in [2.24, 2.45) is 0 Å². The smallest absolute Gasteiger partial charge is 0.410 e. The second-order valence-electron chi connectivity index (χ2n) is 8.12. The Morgan fingerprint density at radius 2 is 1.75 bits per heavy atom. The quantitative estimate of drug-likeness (QED) is 0.737. The molecule has 0 radical (unpaired) electrons. The van der Waals surface area contributed by atoms with Crippen LogP contribution in [0.25, 0.3) is 0 Å². The van der Waals surface area contributed by atoms with Crippen LogP contribution < -0.4 is 0 Å². The Bertz CT molecular complexity index is 486. The third kappa shape index (κ3) is 3.68. The van der Waals surface area contributed by atoms with Crippen LogP contribution in [0.3, 0.4) is 0 Å². The zero-order valence-corrected chi connectivity index (χ0v) is 15.1. The van der Waals surface area contributed by atoms with Crippen LogP contribution in [-0.2, 0) is 14.3 Å². The highest BCUT2D eigenvalue weighted by atomic mass is 16.6. The van der Waals surface area contributed by atoms with Gasteiger partial charge < -0.3 is 14.4 Å². The number of morpholine rings is 1. The third-order valence-electron chi connectivity index (χ3n) is 5.18. The highest BCUT2D eigenvalue weighted by molar-refractivity contribution is 5.86. The highest BCUT2D eigenvalue weighted by Crippen LogP contribution is 2.31. The van der Waals surface area contributed by atoms with Crippen molar-refractivity contribution in [1.29, 1.82) is 0 Å². The molecule has 1 aliphatic carbocycles. The summed E-state index contributed by atoms with van der Waals surface area (Å²) < 4.78 is 11.4.